The zero-order valence-electron chi connectivity index (χ0n) is 16.8. The first-order valence-electron chi connectivity index (χ1n) is 10.0. The predicted molar refractivity (Wildman–Crippen MR) is 111 cm³/mol. The third-order valence-corrected chi connectivity index (χ3v) is 6.18. The lowest BCUT2D eigenvalue weighted by molar-refractivity contribution is 0.0948. The average Bonchev–Trinajstić information content (AvgIpc) is 3.39. The van der Waals surface area contributed by atoms with Crippen LogP contribution in [-0.2, 0) is 38.9 Å². The third kappa shape index (κ3) is 4.54. The quantitative estimate of drug-likeness (QED) is 0.643. The average molecular weight is 412 g/mol. The summed E-state index contributed by atoms with van der Waals surface area (Å²) in [5, 5.41) is 8.75. The predicted octanol–water partition coefficient (Wildman–Crippen LogP) is 3.14. The fourth-order valence-corrected chi connectivity index (χ4v) is 4.57. The molecule has 0 saturated heterocycles. The third-order valence-electron chi connectivity index (χ3n) is 5.17. The summed E-state index contributed by atoms with van der Waals surface area (Å²) in [7, 11) is 0. The minimum absolute atomic E-state index is 0.0735. The van der Waals surface area contributed by atoms with Crippen molar-refractivity contribution in [1.82, 2.24) is 25.3 Å². The van der Waals surface area contributed by atoms with Crippen LogP contribution in [0.25, 0.3) is 0 Å². The Kier molecular flexibility index (Phi) is 6.01. The van der Waals surface area contributed by atoms with Crippen molar-refractivity contribution in [2.24, 2.45) is 0 Å². The standard InChI is InChI=1S/C21H25N5O2S/c1-3-14-5-6-15(22-9-14)11-26-8-7-16-17(13-29-18(16)12-26)21(27)23-10-19-24-20(4-2)28-25-19/h5-6,9,13H,3-4,7-8,10-12H2,1-2H3,(H,23,27). The van der Waals surface area contributed by atoms with E-state index < -0.39 is 0 Å². The molecular formula is C21H25N5O2S. The summed E-state index contributed by atoms with van der Waals surface area (Å²) in [6.45, 7) is 6.98. The molecule has 3 aromatic rings. The molecule has 1 amide bonds. The maximum atomic E-state index is 12.6. The molecule has 1 aliphatic rings. The highest BCUT2D eigenvalue weighted by molar-refractivity contribution is 7.10. The van der Waals surface area contributed by atoms with E-state index in [1.165, 1.54) is 16.0 Å². The van der Waals surface area contributed by atoms with E-state index in [4.69, 9.17) is 4.52 Å². The van der Waals surface area contributed by atoms with Crippen molar-refractivity contribution < 1.29 is 9.32 Å². The highest BCUT2D eigenvalue weighted by Crippen LogP contribution is 2.29. The molecule has 3 aromatic heterocycles. The van der Waals surface area contributed by atoms with Crippen molar-refractivity contribution in [3.8, 4) is 0 Å². The number of hydrogen-bond acceptors (Lipinski definition) is 7. The number of carbonyl (C=O) groups excluding carboxylic acids is 1. The van der Waals surface area contributed by atoms with Gasteiger partial charge in [-0.05, 0) is 30.0 Å². The first-order valence-corrected chi connectivity index (χ1v) is 10.9. The smallest absolute Gasteiger partial charge is 0.252 e. The molecule has 0 spiro atoms. The second-order valence-electron chi connectivity index (χ2n) is 7.16. The zero-order valence-corrected chi connectivity index (χ0v) is 17.6. The van der Waals surface area contributed by atoms with E-state index in [1.54, 1.807) is 11.3 Å². The van der Waals surface area contributed by atoms with Gasteiger partial charge in [-0.3, -0.25) is 14.7 Å². The van der Waals surface area contributed by atoms with Crippen LogP contribution in [0, 0.1) is 0 Å². The van der Waals surface area contributed by atoms with Crippen molar-refractivity contribution >= 4 is 17.2 Å². The Balaban J connectivity index is 1.36. The van der Waals surface area contributed by atoms with Gasteiger partial charge in [0.05, 0.1) is 17.8 Å². The minimum atomic E-state index is -0.0735. The van der Waals surface area contributed by atoms with E-state index in [2.05, 4.69) is 44.4 Å². The molecule has 4 heterocycles. The number of aryl methyl sites for hydroxylation is 2. The highest BCUT2D eigenvalue weighted by Gasteiger charge is 2.24. The van der Waals surface area contributed by atoms with Gasteiger partial charge in [-0.25, -0.2) is 0 Å². The molecule has 29 heavy (non-hydrogen) atoms. The van der Waals surface area contributed by atoms with Gasteiger partial charge in [0.25, 0.3) is 5.91 Å². The fourth-order valence-electron chi connectivity index (χ4n) is 3.45. The van der Waals surface area contributed by atoms with E-state index in [0.29, 0.717) is 18.1 Å². The van der Waals surface area contributed by atoms with E-state index in [0.717, 1.165) is 43.7 Å². The summed E-state index contributed by atoms with van der Waals surface area (Å²) in [4.78, 5) is 25.1. The van der Waals surface area contributed by atoms with Gasteiger partial charge >= 0.3 is 0 Å². The van der Waals surface area contributed by atoms with Crippen molar-refractivity contribution in [3.63, 3.8) is 0 Å². The molecule has 0 bridgehead atoms. The molecule has 8 heteroatoms. The number of fused-ring (bicyclic) bond motifs is 1. The molecule has 0 aromatic carbocycles. The van der Waals surface area contributed by atoms with E-state index in [-0.39, 0.29) is 12.5 Å². The first-order chi connectivity index (χ1) is 14.2. The van der Waals surface area contributed by atoms with Crippen LogP contribution in [0.1, 0.15) is 57.6 Å². The van der Waals surface area contributed by atoms with Crippen LogP contribution in [0.15, 0.2) is 28.2 Å². The Morgan fingerprint density at radius 3 is 2.93 bits per heavy atom. The molecule has 7 nitrogen and oxygen atoms in total. The molecule has 0 saturated carbocycles. The summed E-state index contributed by atoms with van der Waals surface area (Å²) in [5.74, 6) is 1.02. The molecular weight excluding hydrogens is 386 g/mol. The number of pyridine rings is 1. The Bertz CT molecular complexity index is 979. The summed E-state index contributed by atoms with van der Waals surface area (Å²) < 4.78 is 5.08. The zero-order chi connectivity index (χ0) is 20.2. The minimum Gasteiger partial charge on any atom is -0.345 e. The number of amides is 1. The summed E-state index contributed by atoms with van der Waals surface area (Å²) >= 11 is 1.66. The van der Waals surface area contributed by atoms with Crippen LogP contribution < -0.4 is 5.32 Å². The Morgan fingerprint density at radius 2 is 2.21 bits per heavy atom. The lowest BCUT2D eigenvalue weighted by Gasteiger charge is -2.26. The van der Waals surface area contributed by atoms with Crippen molar-refractivity contribution in [2.75, 3.05) is 6.54 Å². The molecule has 0 aliphatic carbocycles. The second kappa shape index (κ2) is 8.84. The normalized spacial score (nSPS) is 14.0. The van der Waals surface area contributed by atoms with Crippen LogP contribution in [0.2, 0.25) is 0 Å². The summed E-state index contributed by atoms with van der Waals surface area (Å²) in [6, 6.07) is 4.27. The number of rotatable bonds is 7. The molecule has 4 rings (SSSR count). The van der Waals surface area contributed by atoms with Gasteiger partial charge < -0.3 is 9.84 Å². The Labute approximate surface area is 174 Å². The molecule has 152 valence electrons. The highest BCUT2D eigenvalue weighted by atomic mass is 32.1. The van der Waals surface area contributed by atoms with Gasteiger partial charge in [0.15, 0.2) is 5.82 Å². The number of nitrogens with zero attached hydrogens (tertiary/aromatic N) is 4. The van der Waals surface area contributed by atoms with Gasteiger partial charge in [0.2, 0.25) is 5.89 Å². The van der Waals surface area contributed by atoms with Crippen molar-refractivity contribution in [1.29, 1.82) is 0 Å². The van der Waals surface area contributed by atoms with Gasteiger partial charge in [0.1, 0.15) is 0 Å². The number of aromatic nitrogens is 3. The Hall–Kier alpha value is -2.58. The molecule has 0 unspecified atom stereocenters. The van der Waals surface area contributed by atoms with E-state index in [9.17, 15) is 4.79 Å². The van der Waals surface area contributed by atoms with Gasteiger partial charge in [0, 0.05) is 42.5 Å². The molecule has 1 aliphatic heterocycles. The van der Waals surface area contributed by atoms with E-state index in [1.807, 2.05) is 18.5 Å². The molecule has 0 radical (unpaired) electrons. The first kappa shape index (κ1) is 19.7. The lowest BCUT2D eigenvalue weighted by Crippen LogP contribution is -2.31. The summed E-state index contributed by atoms with van der Waals surface area (Å²) in [5.41, 5.74) is 4.29. The van der Waals surface area contributed by atoms with Gasteiger partial charge in [-0.1, -0.05) is 25.1 Å². The monoisotopic (exact) mass is 411 g/mol. The summed E-state index contributed by atoms with van der Waals surface area (Å²) in [6.07, 6.45) is 4.53. The molecule has 0 atom stereocenters. The number of carbonyl (C=O) groups is 1. The van der Waals surface area contributed by atoms with Gasteiger partial charge in [-0.15, -0.1) is 11.3 Å². The fraction of sp³-hybridized carbons (Fsp3) is 0.429. The topological polar surface area (TPSA) is 84.2 Å². The van der Waals surface area contributed by atoms with Crippen molar-refractivity contribution in [3.05, 3.63) is 62.7 Å². The van der Waals surface area contributed by atoms with Crippen LogP contribution in [0.4, 0.5) is 0 Å². The number of nitrogens with one attached hydrogen (secondary N) is 1. The SMILES string of the molecule is CCc1ccc(CN2CCc3c(C(=O)NCc4noc(CC)n4)csc3C2)nc1. The maximum absolute atomic E-state index is 12.6. The van der Waals surface area contributed by atoms with Crippen LogP contribution >= 0.6 is 11.3 Å². The maximum Gasteiger partial charge on any atom is 0.252 e. The van der Waals surface area contributed by atoms with E-state index >= 15 is 0 Å². The second-order valence-corrected chi connectivity index (χ2v) is 8.13. The van der Waals surface area contributed by atoms with Crippen LogP contribution in [0.5, 0.6) is 0 Å². The molecule has 0 fully saturated rings. The number of thiophene rings is 1. The lowest BCUT2D eigenvalue weighted by atomic mass is 10.0. The largest absolute Gasteiger partial charge is 0.345 e. The van der Waals surface area contributed by atoms with Crippen LogP contribution in [-0.4, -0.2) is 32.5 Å². The Morgan fingerprint density at radius 1 is 1.31 bits per heavy atom. The molecule has 1 N–H and O–H groups in total. The van der Waals surface area contributed by atoms with Crippen molar-refractivity contribution in [2.45, 2.75) is 52.7 Å². The van der Waals surface area contributed by atoms with Crippen LogP contribution in [0.3, 0.4) is 0 Å². The van der Waals surface area contributed by atoms with Gasteiger partial charge in [-0.2, -0.15) is 4.98 Å². The number of hydrogen-bond donors (Lipinski definition) is 1.